The third-order valence-electron chi connectivity index (χ3n) is 4.10. The molecule has 2 fully saturated rings. The number of rotatable bonds is 0. The standard InChI is InChI=1S/C12H15NO2/c14-12(15)13-6-5-9-7-8-3-1-2-4-10(8)11(9)13/h1-4,8-11H,5-7H2,(H,14,15). The van der Waals surface area contributed by atoms with E-state index in [-0.39, 0.29) is 6.04 Å². The van der Waals surface area contributed by atoms with Gasteiger partial charge >= 0.3 is 6.09 Å². The topological polar surface area (TPSA) is 40.5 Å². The highest BCUT2D eigenvalue weighted by atomic mass is 16.4. The molecule has 4 unspecified atom stereocenters. The maximum absolute atomic E-state index is 11.1. The van der Waals surface area contributed by atoms with Crippen LogP contribution in [0.3, 0.4) is 0 Å². The van der Waals surface area contributed by atoms with Gasteiger partial charge in [-0.05, 0) is 24.7 Å². The average molecular weight is 205 g/mol. The summed E-state index contributed by atoms with van der Waals surface area (Å²) in [6.07, 6.45) is 10.0. The summed E-state index contributed by atoms with van der Waals surface area (Å²) in [7, 11) is 0. The molecule has 0 radical (unpaired) electrons. The molecule has 3 heteroatoms. The zero-order valence-electron chi connectivity index (χ0n) is 8.54. The summed E-state index contributed by atoms with van der Waals surface area (Å²) in [5.41, 5.74) is 0. The molecule has 3 aliphatic rings. The summed E-state index contributed by atoms with van der Waals surface area (Å²) < 4.78 is 0. The zero-order valence-corrected chi connectivity index (χ0v) is 8.54. The van der Waals surface area contributed by atoms with Crippen molar-refractivity contribution in [3.05, 3.63) is 24.3 Å². The Labute approximate surface area is 89.1 Å². The minimum atomic E-state index is -0.744. The summed E-state index contributed by atoms with van der Waals surface area (Å²) >= 11 is 0. The summed E-state index contributed by atoms with van der Waals surface area (Å²) in [4.78, 5) is 12.8. The molecule has 0 aromatic heterocycles. The minimum absolute atomic E-state index is 0.244. The molecule has 1 saturated heterocycles. The van der Waals surface area contributed by atoms with Crippen molar-refractivity contribution in [1.82, 2.24) is 4.90 Å². The van der Waals surface area contributed by atoms with Gasteiger partial charge in [-0.1, -0.05) is 24.3 Å². The van der Waals surface area contributed by atoms with Crippen LogP contribution in [0.1, 0.15) is 12.8 Å². The van der Waals surface area contributed by atoms with Crippen LogP contribution in [0, 0.1) is 17.8 Å². The Bertz CT molecular complexity index is 348. The fourth-order valence-electron chi connectivity index (χ4n) is 3.50. The van der Waals surface area contributed by atoms with Gasteiger partial charge in [0, 0.05) is 18.5 Å². The van der Waals surface area contributed by atoms with E-state index >= 15 is 0 Å². The van der Waals surface area contributed by atoms with Crippen molar-refractivity contribution in [3.63, 3.8) is 0 Å². The van der Waals surface area contributed by atoms with E-state index in [1.54, 1.807) is 4.90 Å². The first-order chi connectivity index (χ1) is 7.27. The number of hydrogen-bond donors (Lipinski definition) is 1. The van der Waals surface area contributed by atoms with Crippen LogP contribution in [0.25, 0.3) is 0 Å². The average Bonchev–Trinajstić information content (AvgIpc) is 2.74. The highest BCUT2D eigenvalue weighted by molar-refractivity contribution is 5.66. The van der Waals surface area contributed by atoms with Crippen LogP contribution in [-0.2, 0) is 0 Å². The van der Waals surface area contributed by atoms with E-state index in [1.807, 2.05) is 0 Å². The quantitative estimate of drug-likeness (QED) is 0.658. The summed E-state index contributed by atoms with van der Waals surface area (Å²) in [5, 5.41) is 9.13. The molecule has 0 bridgehead atoms. The van der Waals surface area contributed by atoms with Gasteiger partial charge in [-0.15, -0.1) is 0 Å². The molecule has 2 aliphatic carbocycles. The van der Waals surface area contributed by atoms with Crippen LogP contribution in [-0.4, -0.2) is 28.7 Å². The van der Waals surface area contributed by atoms with Crippen molar-refractivity contribution in [3.8, 4) is 0 Å². The second-order valence-electron chi connectivity index (χ2n) is 4.76. The Kier molecular flexibility index (Phi) is 1.87. The van der Waals surface area contributed by atoms with Crippen molar-refractivity contribution in [1.29, 1.82) is 0 Å². The lowest BCUT2D eigenvalue weighted by atomic mass is 9.89. The van der Waals surface area contributed by atoms with Crippen LogP contribution in [0.2, 0.25) is 0 Å². The van der Waals surface area contributed by atoms with E-state index in [4.69, 9.17) is 5.11 Å². The van der Waals surface area contributed by atoms with Gasteiger partial charge < -0.3 is 10.0 Å². The number of nitrogens with zero attached hydrogens (tertiary/aromatic N) is 1. The highest BCUT2D eigenvalue weighted by Gasteiger charge is 2.49. The second kappa shape index (κ2) is 3.12. The molecule has 80 valence electrons. The molecule has 1 amide bonds. The molecule has 0 aromatic carbocycles. The molecule has 3 nitrogen and oxygen atoms in total. The fraction of sp³-hybridized carbons (Fsp3) is 0.583. The first kappa shape index (κ1) is 9.01. The van der Waals surface area contributed by atoms with Gasteiger partial charge in [-0.2, -0.15) is 0 Å². The normalized spacial score (nSPS) is 41.7. The molecule has 4 atom stereocenters. The Morgan fingerprint density at radius 3 is 2.93 bits per heavy atom. The lowest BCUT2D eigenvalue weighted by molar-refractivity contribution is 0.129. The number of hydrogen-bond acceptors (Lipinski definition) is 1. The lowest BCUT2D eigenvalue weighted by Crippen LogP contribution is -2.39. The Morgan fingerprint density at radius 2 is 2.13 bits per heavy atom. The SMILES string of the molecule is O=C(O)N1CCC2CC3C=CC=CC3C21. The Morgan fingerprint density at radius 1 is 1.33 bits per heavy atom. The van der Waals surface area contributed by atoms with E-state index in [0.29, 0.717) is 17.8 Å². The van der Waals surface area contributed by atoms with Crippen LogP contribution in [0.15, 0.2) is 24.3 Å². The van der Waals surface area contributed by atoms with Crippen molar-refractivity contribution in [2.75, 3.05) is 6.54 Å². The van der Waals surface area contributed by atoms with E-state index in [2.05, 4.69) is 24.3 Å². The predicted molar refractivity (Wildman–Crippen MR) is 56.5 cm³/mol. The Balaban J connectivity index is 1.89. The van der Waals surface area contributed by atoms with E-state index < -0.39 is 6.09 Å². The van der Waals surface area contributed by atoms with Gasteiger partial charge in [-0.3, -0.25) is 0 Å². The number of carbonyl (C=O) groups is 1. The van der Waals surface area contributed by atoms with Gasteiger partial charge in [-0.25, -0.2) is 4.79 Å². The maximum Gasteiger partial charge on any atom is 0.407 e. The van der Waals surface area contributed by atoms with Crippen LogP contribution in [0.4, 0.5) is 4.79 Å². The fourth-order valence-corrected chi connectivity index (χ4v) is 3.50. The lowest BCUT2D eigenvalue weighted by Gasteiger charge is -2.28. The zero-order chi connectivity index (χ0) is 10.4. The van der Waals surface area contributed by atoms with Gasteiger partial charge in [0.2, 0.25) is 0 Å². The molecular weight excluding hydrogens is 190 g/mol. The summed E-state index contributed by atoms with van der Waals surface area (Å²) in [6, 6.07) is 0.244. The summed E-state index contributed by atoms with van der Waals surface area (Å²) in [6.45, 7) is 0.728. The van der Waals surface area contributed by atoms with Gasteiger partial charge in [0.05, 0.1) is 0 Å². The van der Waals surface area contributed by atoms with Gasteiger partial charge in [0.25, 0.3) is 0 Å². The number of amides is 1. The first-order valence-corrected chi connectivity index (χ1v) is 5.62. The molecule has 3 rings (SSSR count). The largest absolute Gasteiger partial charge is 0.465 e. The molecule has 1 aliphatic heterocycles. The molecule has 1 heterocycles. The van der Waals surface area contributed by atoms with Crippen molar-refractivity contribution in [2.45, 2.75) is 18.9 Å². The predicted octanol–water partition coefficient (Wildman–Crippen LogP) is 2.12. The molecule has 15 heavy (non-hydrogen) atoms. The van der Waals surface area contributed by atoms with Crippen molar-refractivity contribution in [2.24, 2.45) is 17.8 Å². The highest BCUT2D eigenvalue weighted by Crippen LogP contribution is 2.47. The monoisotopic (exact) mass is 205 g/mol. The first-order valence-electron chi connectivity index (χ1n) is 5.62. The molecule has 1 N–H and O–H groups in total. The van der Waals surface area contributed by atoms with Crippen LogP contribution < -0.4 is 0 Å². The van der Waals surface area contributed by atoms with E-state index in [9.17, 15) is 4.79 Å². The van der Waals surface area contributed by atoms with Crippen LogP contribution in [0.5, 0.6) is 0 Å². The summed E-state index contributed by atoms with van der Waals surface area (Å²) in [5.74, 6) is 1.59. The van der Waals surface area contributed by atoms with Crippen LogP contribution >= 0.6 is 0 Å². The molecule has 0 aromatic rings. The number of fused-ring (bicyclic) bond motifs is 3. The third-order valence-corrected chi connectivity index (χ3v) is 4.10. The van der Waals surface area contributed by atoms with E-state index in [0.717, 1.165) is 13.0 Å². The smallest absolute Gasteiger partial charge is 0.407 e. The van der Waals surface area contributed by atoms with E-state index in [1.165, 1.54) is 6.42 Å². The van der Waals surface area contributed by atoms with Crippen molar-refractivity contribution >= 4 is 6.09 Å². The van der Waals surface area contributed by atoms with Gasteiger partial charge in [0.1, 0.15) is 0 Å². The maximum atomic E-state index is 11.1. The third kappa shape index (κ3) is 1.22. The minimum Gasteiger partial charge on any atom is -0.465 e. The van der Waals surface area contributed by atoms with Crippen molar-refractivity contribution < 1.29 is 9.90 Å². The second-order valence-corrected chi connectivity index (χ2v) is 4.76. The Hall–Kier alpha value is -1.25. The molecule has 0 spiro atoms. The van der Waals surface area contributed by atoms with Gasteiger partial charge in [0.15, 0.2) is 0 Å². The number of carboxylic acid groups (broad SMARTS) is 1. The molecule has 1 saturated carbocycles. The number of allylic oxidation sites excluding steroid dienone is 3. The number of likely N-dealkylation sites (tertiary alicyclic amines) is 1. The molecular formula is C12H15NO2.